The average molecular weight is 315 g/mol. The zero-order valence-corrected chi connectivity index (χ0v) is 12.5. The number of piperidine rings is 1. The summed E-state index contributed by atoms with van der Waals surface area (Å²) >= 11 is 3.47. The summed E-state index contributed by atoms with van der Waals surface area (Å²) in [5, 5.41) is 3.55. The maximum absolute atomic E-state index is 13.2. The van der Waals surface area contributed by atoms with Crippen LogP contribution in [0.5, 0.6) is 0 Å². The van der Waals surface area contributed by atoms with Crippen molar-refractivity contribution in [1.82, 2.24) is 10.2 Å². The summed E-state index contributed by atoms with van der Waals surface area (Å²) in [5.74, 6) is 0.461. The Labute approximate surface area is 117 Å². The number of likely N-dealkylation sites (tertiary alicyclic amines) is 1. The van der Waals surface area contributed by atoms with E-state index in [-0.39, 0.29) is 5.82 Å². The highest BCUT2D eigenvalue weighted by molar-refractivity contribution is 9.10. The number of hydrogen-bond donors (Lipinski definition) is 1. The Hall–Kier alpha value is -0.450. The molecule has 100 valence electrons. The third kappa shape index (κ3) is 3.53. The third-order valence-electron chi connectivity index (χ3n) is 3.67. The van der Waals surface area contributed by atoms with E-state index in [0.717, 1.165) is 36.1 Å². The fraction of sp³-hybridized carbons (Fsp3) is 0.571. The van der Waals surface area contributed by atoms with E-state index in [1.54, 1.807) is 12.1 Å². The predicted octanol–water partition coefficient (Wildman–Crippen LogP) is 3.02. The molecule has 0 radical (unpaired) electrons. The molecular weight excluding hydrogens is 295 g/mol. The lowest BCUT2D eigenvalue weighted by molar-refractivity contribution is 0.174. The highest BCUT2D eigenvalue weighted by Gasteiger charge is 2.23. The molecule has 0 aliphatic carbocycles. The summed E-state index contributed by atoms with van der Waals surface area (Å²) in [5.41, 5.74) is 0.987. The first kappa shape index (κ1) is 14.0. The molecule has 1 saturated heterocycles. The van der Waals surface area contributed by atoms with E-state index in [0.29, 0.717) is 12.0 Å². The summed E-state index contributed by atoms with van der Waals surface area (Å²) in [6.45, 7) is 5.25. The van der Waals surface area contributed by atoms with Gasteiger partial charge in [0.15, 0.2) is 0 Å². The molecule has 1 heterocycles. The molecule has 2 nitrogen and oxygen atoms in total. The fourth-order valence-electron chi connectivity index (χ4n) is 2.58. The van der Waals surface area contributed by atoms with Crippen LogP contribution in [0.1, 0.15) is 18.9 Å². The minimum atomic E-state index is -0.175. The highest BCUT2D eigenvalue weighted by atomic mass is 79.9. The van der Waals surface area contributed by atoms with Gasteiger partial charge in [-0.2, -0.15) is 0 Å². The van der Waals surface area contributed by atoms with Crippen LogP contribution < -0.4 is 5.32 Å². The molecule has 1 fully saturated rings. The minimum Gasteiger partial charge on any atom is -0.310 e. The number of nitrogens with one attached hydrogen (secondary N) is 1. The Morgan fingerprint density at radius 1 is 1.50 bits per heavy atom. The lowest BCUT2D eigenvalue weighted by Crippen LogP contribution is -2.46. The van der Waals surface area contributed by atoms with Gasteiger partial charge >= 0.3 is 0 Å². The van der Waals surface area contributed by atoms with Crippen molar-refractivity contribution in [3.05, 3.63) is 34.1 Å². The number of rotatable bonds is 3. The first-order valence-electron chi connectivity index (χ1n) is 6.42. The zero-order chi connectivity index (χ0) is 13.1. The predicted molar refractivity (Wildman–Crippen MR) is 76.0 cm³/mol. The Bertz CT molecular complexity index is 411. The van der Waals surface area contributed by atoms with Crippen molar-refractivity contribution < 1.29 is 4.39 Å². The summed E-state index contributed by atoms with van der Waals surface area (Å²) < 4.78 is 14.2. The smallest absolute Gasteiger partial charge is 0.123 e. The summed E-state index contributed by atoms with van der Waals surface area (Å²) in [6, 6.07) is 5.36. The molecule has 1 N–H and O–H groups in total. The molecule has 1 aromatic carbocycles. The number of halogens is 2. The van der Waals surface area contributed by atoms with Gasteiger partial charge in [-0.3, -0.25) is 0 Å². The molecular formula is C14H20BrFN2. The van der Waals surface area contributed by atoms with Gasteiger partial charge in [0.05, 0.1) is 0 Å². The number of hydrogen-bond acceptors (Lipinski definition) is 2. The van der Waals surface area contributed by atoms with Gasteiger partial charge < -0.3 is 10.2 Å². The zero-order valence-electron chi connectivity index (χ0n) is 10.9. The van der Waals surface area contributed by atoms with Gasteiger partial charge in [-0.15, -0.1) is 0 Å². The van der Waals surface area contributed by atoms with Crippen LogP contribution in [0, 0.1) is 11.7 Å². The quantitative estimate of drug-likeness (QED) is 0.922. The van der Waals surface area contributed by atoms with Gasteiger partial charge in [-0.05, 0) is 49.7 Å². The highest BCUT2D eigenvalue weighted by Crippen LogP contribution is 2.20. The molecule has 0 saturated carbocycles. The van der Waals surface area contributed by atoms with Crippen molar-refractivity contribution in [3.8, 4) is 0 Å². The molecule has 1 aromatic rings. The van der Waals surface area contributed by atoms with Crippen molar-refractivity contribution in [1.29, 1.82) is 0 Å². The van der Waals surface area contributed by atoms with Gasteiger partial charge in [0.25, 0.3) is 0 Å². The Morgan fingerprint density at radius 3 is 3.00 bits per heavy atom. The van der Waals surface area contributed by atoms with Crippen LogP contribution in [0.2, 0.25) is 0 Å². The molecule has 1 aliphatic heterocycles. The van der Waals surface area contributed by atoms with Crippen LogP contribution in [0.4, 0.5) is 4.39 Å². The monoisotopic (exact) mass is 314 g/mol. The molecule has 0 spiro atoms. The van der Waals surface area contributed by atoms with Crippen molar-refractivity contribution in [2.75, 3.05) is 20.1 Å². The minimum absolute atomic E-state index is 0.175. The maximum atomic E-state index is 13.2. The molecule has 0 bridgehead atoms. The van der Waals surface area contributed by atoms with Gasteiger partial charge in [-0.1, -0.05) is 22.9 Å². The van der Waals surface area contributed by atoms with Crippen LogP contribution in [0.25, 0.3) is 0 Å². The Kier molecular flexibility index (Phi) is 4.76. The third-order valence-corrected chi connectivity index (χ3v) is 4.44. The lowest BCUT2D eigenvalue weighted by Gasteiger charge is -2.35. The molecule has 2 rings (SSSR count). The van der Waals surface area contributed by atoms with E-state index in [1.165, 1.54) is 6.07 Å². The van der Waals surface area contributed by atoms with Crippen LogP contribution in [0.3, 0.4) is 0 Å². The maximum Gasteiger partial charge on any atom is 0.123 e. The summed E-state index contributed by atoms with van der Waals surface area (Å²) in [6.07, 6.45) is 1.16. The second-order valence-electron chi connectivity index (χ2n) is 5.25. The van der Waals surface area contributed by atoms with Crippen LogP contribution in [0.15, 0.2) is 22.7 Å². The second kappa shape index (κ2) is 6.13. The molecule has 18 heavy (non-hydrogen) atoms. The van der Waals surface area contributed by atoms with Gasteiger partial charge in [0, 0.05) is 23.6 Å². The topological polar surface area (TPSA) is 15.3 Å². The van der Waals surface area contributed by atoms with Crippen LogP contribution >= 0.6 is 15.9 Å². The number of benzene rings is 1. The second-order valence-corrected chi connectivity index (χ2v) is 6.11. The first-order chi connectivity index (χ1) is 8.56. The SMILES string of the molecule is CC1CN(C)CCC1NCc1cc(F)ccc1Br. The largest absolute Gasteiger partial charge is 0.310 e. The van der Waals surface area contributed by atoms with E-state index >= 15 is 0 Å². The van der Waals surface area contributed by atoms with Crippen molar-refractivity contribution >= 4 is 15.9 Å². The number of nitrogens with zero attached hydrogens (tertiary/aromatic N) is 1. The molecule has 4 heteroatoms. The molecule has 0 aromatic heterocycles. The molecule has 2 unspecified atom stereocenters. The standard InChI is InChI=1S/C14H20BrFN2/c1-10-9-18(2)6-5-14(10)17-8-11-7-12(16)3-4-13(11)15/h3-4,7,10,14,17H,5-6,8-9H2,1-2H3. The van der Waals surface area contributed by atoms with E-state index in [4.69, 9.17) is 0 Å². The van der Waals surface area contributed by atoms with E-state index in [1.807, 2.05) is 0 Å². The van der Waals surface area contributed by atoms with E-state index in [9.17, 15) is 4.39 Å². The van der Waals surface area contributed by atoms with Gasteiger partial charge in [0.1, 0.15) is 5.82 Å². The van der Waals surface area contributed by atoms with E-state index in [2.05, 4.69) is 40.1 Å². The van der Waals surface area contributed by atoms with Crippen LogP contribution in [-0.2, 0) is 6.54 Å². The summed E-state index contributed by atoms with van der Waals surface area (Å²) in [4.78, 5) is 2.36. The Balaban J connectivity index is 1.93. The van der Waals surface area contributed by atoms with Gasteiger partial charge in [-0.25, -0.2) is 4.39 Å². The van der Waals surface area contributed by atoms with Gasteiger partial charge in [0.2, 0.25) is 0 Å². The van der Waals surface area contributed by atoms with Crippen molar-refractivity contribution in [3.63, 3.8) is 0 Å². The average Bonchev–Trinajstić information content (AvgIpc) is 2.32. The van der Waals surface area contributed by atoms with Crippen LogP contribution in [-0.4, -0.2) is 31.1 Å². The lowest BCUT2D eigenvalue weighted by atomic mass is 9.94. The molecule has 2 atom stereocenters. The summed E-state index contributed by atoms with van der Waals surface area (Å²) in [7, 11) is 2.16. The fourth-order valence-corrected chi connectivity index (χ4v) is 2.96. The van der Waals surface area contributed by atoms with E-state index < -0.39 is 0 Å². The normalized spacial score (nSPS) is 25.3. The van der Waals surface area contributed by atoms with Crippen molar-refractivity contribution in [2.45, 2.75) is 25.9 Å². The Morgan fingerprint density at radius 2 is 2.28 bits per heavy atom. The molecule has 1 aliphatic rings. The van der Waals surface area contributed by atoms with Crippen molar-refractivity contribution in [2.24, 2.45) is 5.92 Å². The molecule has 0 amide bonds. The first-order valence-corrected chi connectivity index (χ1v) is 7.21.